The van der Waals surface area contributed by atoms with Crippen LogP contribution in [0.5, 0.6) is 0 Å². The highest BCUT2D eigenvalue weighted by Crippen LogP contribution is 2.22. The van der Waals surface area contributed by atoms with E-state index in [1.807, 2.05) is 6.20 Å². The summed E-state index contributed by atoms with van der Waals surface area (Å²) in [6.45, 7) is 1.35. The Balaban J connectivity index is 1.56. The van der Waals surface area contributed by atoms with E-state index in [9.17, 15) is 9.90 Å². The van der Waals surface area contributed by atoms with Gasteiger partial charge in [0, 0.05) is 31.1 Å². The van der Waals surface area contributed by atoms with Crippen LogP contribution in [-0.2, 0) is 4.79 Å². The lowest BCUT2D eigenvalue weighted by atomic mass is 9.92. The van der Waals surface area contributed by atoms with E-state index in [-0.39, 0.29) is 11.8 Å². The highest BCUT2D eigenvalue weighted by Gasteiger charge is 2.23. The fourth-order valence-corrected chi connectivity index (χ4v) is 2.99. The molecule has 0 aromatic heterocycles. The average molecular weight is 324 g/mol. The number of β-amino-alcohol motifs (C(OH)–C–C–N with tert-alkyl or cyclic N) is 1. The quantitative estimate of drug-likeness (QED) is 0.882. The van der Waals surface area contributed by atoms with Crippen LogP contribution in [0.4, 0.5) is 0 Å². The second-order valence-electron chi connectivity index (χ2n) is 6.12. The fraction of sp³-hybridized carbons (Fsp3) is 0.389. The maximum atomic E-state index is 11.1. The zero-order valence-corrected chi connectivity index (χ0v) is 13.4. The molecule has 2 aliphatic heterocycles. The minimum Gasteiger partial charge on any atom is -0.387 e. The maximum Gasteiger partial charge on any atom is 0.240 e. The number of nitrogens with zero attached hydrogens (tertiary/aromatic N) is 3. The Morgan fingerprint density at radius 1 is 1.38 bits per heavy atom. The first-order valence-electron chi connectivity index (χ1n) is 8.11. The van der Waals surface area contributed by atoms with Gasteiger partial charge in [0.05, 0.1) is 17.7 Å². The van der Waals surface area contributed by atoms with Crippen LogP contribution in [0.3, 0.4) is 0 Å². The van der Waals surface area contributed by atoms with Crippen LogP contribution in [0.25, 0.3) is 0 Å². The van der Waals surface area contributed by atoms with Crippen LogP contribution < -0.4 is 5.43 Å². The molecule has 0 spiro atoms. The summed E-state index contributed by atoms with van der Waals surface area (Å²) in [5.74, 6) is 0.236. The molecule has 1 aromatic carbocycles. The Bertz CT molecular complexity index is 703. The lowest BCUT2D eigenvalue weighted by Gasteiger charge is -2.30. The van der Waals surface area contributed by atoms with Crippen LogP contribution in [0, 0.1) is 17.2 Å². The molecular formula is C18H20N4O2. The van der Waals surface area contributed by atoms with E-state index in [1.54, 1.807) is 24.3 Å². The van der Waals surface area contributed by atoms with Gasteiger partial charge < -0.3 is 10.0 Å². The van der Waals surface area contributed by atoms with Crippen molar-refractivity contribution in [3.8, 4) is 6.07 Å². The molecule has 6 nitrogen and oxygen atoms in total. The summed E-state index contributed by atoms with van der Waals surface area (Å²) in [5, 5.41) is 23.3. The molecule has 2 unspecified atom stereocenters. The van der Waals surface area contributed by atoms with Crippen LogP contribution in [-0.4, -0.2) is 34.7 Å². The number of hydrogen-bond acceptors (Lipinski definition) is 5. The number of hydrazone groups is 1. The van der Waals surface area contributed by atoms with Gasteiger partial charge in [0.25, 0.3) is 0 Å². The van der Waals surface area contributed by atoms with E-state index < -0.39 is 6.10 Å². The van der Waals surface area contributed by atoms with Gasteiger partial charge in [-0.25, -0.2) is 5.43 Å². The minimum atomic E-state index is -0.592. The number of hydrogen-bond donors (Lipinski definition) is 2. The third-order valence-electron chi connectivity index (χ3n) is 4.45. The second kappa shape index (κ2) is 7.28. The Morgan fingerprint density at radius 2 is 2.17 bits per heavy atom. The predicted octanol–water partition coefficient (Wildman–Crippen LogP) is 1.69. The molecule has 1 amide bonds. The summed E-state index contributed by atoms with van der Waals surface area (Å²) in [7, 11) is 0. The number of allylic oxidation sites excluding steroid dienone is 1. The largest absolute Gasteiger partial charge is 0.387 e. The molecule has 0 saturated carbocycles. The van der Waals surface area contributed by atoms with Crippen molar-refractivity contribution in [2.75, 3.05) is 13.1 Å². The first kappa shape index (κ1) is 16.2. The van der Waals surface area contributed by atoms with Gasteiger partial charge in [-0.15, -0.1) is 0 Å². The van der Waals surface area contributed by atoms with Gasteiger partial charge in [-0.3, -0.25) is 4.79 Å². The molecular weight excluding hydrogens is 304 g/mol. The molecule has 2 aliphatic rings. The number of amides is 1. The highest BCUT2D eigenvalue weighted by molar-refractivity contribution is 5.94. The van der Waals surface area contributed by atoms with Crippen molar-refractivity contribution in [1.82, 2.24) is 10.3 Å². The van der Waals surface area contributed by atoms with Gasteiger partial charge in [-0.05, 0) is 36.7 Å². The number of rotatable bonds is 4. The lowest BCUT2D eigenvalue weighted by molar-refractivity contribution is -0.121. The Kier molecular flexibility index (Phi) is 4.92. The number of carbonyl (C=O) groups is 1. The summed E-state index contributed by atoms with van der Waals surface area (Å²) >= 11 is 0. The van der Waals surface area contributed by atoms with Crippen LogP contribution in [0.1, 0.15) is 36.5 Å². The van der Waals surface area contributed by atoms with E-state index >= 15 is 0 Å². The molecule has 0 radical (unpaired) electrons. The average Bonchev–Trinajstić information content (AvgIpc) is 2.63. The first-order valence-corrected chi connectivity index (χ1v) is 8.11. The molecule has 6 heteroatoms. The standard InChI is InChI=1S/C18H20N4O2/c19-11-13-1-3-15(4-2-13)17(23)12-22-9-7-14(8-10-22)16-5-6-18(24)21-20-16/h1-4,7,9,14,17,23H,5-6,8,10,12H2,(H,21,24). The van der Waals surface area contributed by atoms with Crippen molar-refractivity contribution < 1.29 is 9.90 Å². The van der Waals surface area contributed by atoms with Crippen molar-refractivity contribution in [3.63, 3.8) is 0 Å². The van der Waals surface area contributed by atoms with Gasteiger partial charge in [0.2, 0.25) is 5.91 Å². The molecule has 1 aromatic rings. The molecule has 2 N–H and O–H groups in total. The number of aliphatic hydroxyl groups is 1. The molecule has 0 saturated heterocycles. The monoisotopic (exact) mass is 324 g/mol. The normalized spacial score (nSPS) is 21.7. The zero-order valence-electron chi connectivity index (χ0n) is 13.4. The van der Waals surface area contributed by atoms with Crippen molar-refractivity contribution in [2.45, 2.75) is 25.4 Å². The van der Waals surface area contributed by atoms with Crippen molar-refractivity contribution in [1.29, 1.82) is 5.26 Å². The third kappa shape index (κ3) is 3.81. The summed E-state index contributed by atoms with van der Waals surface area (Å²) in [5.41, 5.74) is 4.97. The van der Waals surface area contributed by atoms with Crippen LogP contribution >= 0.6 is 0 Å². The molecule has 124 valence electrons. The lowest BCUT2D eigenvalue weighted by Crippen LogP contribution is -2.34. The smallest absolute Gasteiger partial charge is 0.240 e. The number of carbonyl (C=O) groups excluding carboxylic acids is 1. The van der Waals surface area contributed by atoms with Gasteiger partial charge in [0.1, 0.15) is 0 Å². The summed E-state index contributed by atoms with van der Waals surface area (Å²) in [6.07, 6.45) is 5.64. The van der Waals surface area contributed by atoms with E-state index in [0.29, 0.717) is 24.9 Å². The van der Waals surface area contributed by atoms with Crippen molar-refractivity contribution >= 4 is 11.6 Å². The van der Waals surface area contributed by atoms with E-state index in [0.717, 1.165) is 24.2 Å². The summed E-state index contributed by atoms with van der Waals surface area (Å²) in [6, 6.07) is 9.09. The molecule has 0 bridgehead atoms. The predicted molar refractivity (Wildman–Crippen MR) is 89.7 cm³/mol. The molecule has 2 heterocycles. The SMILES string of the molecule is N#Cc1ccc(C(O)CN2C=CC(C3=NNC(=O)CC3)CC2)cc1. The maximum absolute atomic E-state index is 11.1. The van der Waals surface area contributed by atoms with E-state index in [4.69, 9.17) is 5.26 Å². The number of aliphatic hydroxyl groups excluding tert-OH is 1. The Labute approximate surface area is 141 Å². The molecule has 3 rings (SSSR count). The van der Waals surface area contributed by atoms with Crippen LogP contribution in [0.2, 0.25) is 0 Å². The number of benzene rings is 1. The number of nitrogens with one attached hydrogen (secondary N) is 1. The highest BCUT2D eigenvalue weighted by atomic mass is 16.3. The van der Waals surface area contributed by atoms with E-state index in [2.05, 4.69) is 27.6 Å². The van der Waals surface area contributed by atoms with Crippen LogP contribution in [0.15, 0.2) is 41.6 Å². The van der Waals surface area contributed by atoms with E-state index in [1.165, 1.54) is 0 Å². The Hall–Kier alpha value is -2.65. The van der Waals surface area contributed by atoms with Gasteiger partial charge >= 0.3 is 0 Å². The fourth-order valence-electron chi connectivity index (χ4n) is 2.99. The Morgan fingerprint density at radius 3 is 2.75 bits per heavy atom. The molecule has 24 heavy (non-hydrogen) atoms. The molecule has 2 atom stereocenters. The summed E-state index contributed by atoms with van der Waals surface area (Å²) < 4.78 is 0. The number of nitriles is 1. The van der Waals surface area contributed by atoms with Gasteiger partial charge in [-0.2, -0.15) is 10.4 Å². The third-order valence-corrected chi connectivity index (χ3v) is 4.45. The summed E-state index contributed by atoms with van der Waals surface area (Å²) in [4.78, 5) is 13.2. The zero-order chi connectivity index (χ0) is 16.9. The van der Waals surface area contributed by atoms with Gasteiger partial charge in [0.15, 0.2) is 0 Å². The minimum absolute atomic E-state index is 0.0225. The second-order valence-corrected chi connectivity index (χ2v) is 6.12. The first-order chi connectivity index (χ1) is 11.7. The van der Waals surface area contributed by atoms with Crippen molar-refractivity contribution in [3.05, 3.63) is 47.7 Å². The topological polar surface area (TPSA) is 88.7 Å². The molecule has 0 aliphatic carbocycles. The molecule has 0 fully saturated rings. The van der Waals surface area contributed by atoms with Crippen molar-refractivity contribution in [2.24, 2.45) is 11.0 Å². The van der Waals surface area contributed by atoms with Gasteiger partial charge in [-0.1, -0.05) is 18.2 Å².